The lowest BCUT2D eigenvalue weighted by Crippen LogP contribution is -2.47. The summed E-state index contributed by atoms with van der Waals surface area (Å²) in [4.78, 5) is 29.8. The Labute approximate surface area is 161 Å². The van der Waals surface area contributed by atoms with E-state index >= 15 is 0 Å². The normalized spacial score (nSPS) is 12.4. The molecule has 28 heavy (non-hydrogen) atoms. The standard InChI is InChI=1S/C20H22F2N2O4/c1-12(26)28-20(2,3)19(27)24(4)18(14-6-7-15(21)16(22)9-14)17-8-5-13(11-25)10-23-17/h5-10,18,25H,11H2,1-4H3. The Morgan fingerprint density at radius 2 is 1.89 bits per heavy atom. The third-order valence-corrected chi connectivity index (χ3v) is 4.19. The molecule has 0 aliphatic heterocycles. The van der Waals surface area contributed by atoms with Gasteiger partial charge in [0.05, 0.1) is 18.3 Å². The van der Waals surface area contributed by atoms with Crippen molar-refractivity contribution in [2.24, 2.45) is 0 Å². The molecule has 8 heteroatoms. The predicted molar refractivity (Wildman–Crippen MR) is 97.0 cm³/mol. The SMILES string of the molecule is CC(=O)OC(C)(C)C(=O)N(C)C(c1ccc(F)c(F)c1)c1ccc(CO)cn1. The number of aromatic nitrogens is 1. The van der Waals surface area contributed by atoms with Crippen molar-refractivity contribution in [3.05, 3.63) is 65.0 Å². The largest absolute Gasteiger partial charge is 0.450 e. The van der Waals surface area contributed by atoms with E-state index in [1.54, 1.807) is 12.1 Å². The van der Waals surface area contributed by atoms with Gasteiger partial charge >= 0.3 is 5.97 Å². The fourth-order valence-corrected chi connectivity index (χ4v) is 2.91. The van der Waals surface area contributed by atoms with E-state index in [0.29, 0.717) is 11.3 Å². The van der Waals surface area contributed by atoms with Gasteiger partial charge in [-0.25, -0.2) is 8.78 Å². The summed E-state index contributed by atoms with van der Waals surface area (Å²) in [6.45, 7) is 3.87. The maximum Gasteiger partial charge on any atom is 0.303 e. The van der Waals surface area contributed by atoms with Crippen LogP contribution in [0.15, 0.2) is 36.5 Å². The number of carbonyl (C=O) groups is 2. The second kappa shape index (κ2) is 8.43. The van der Waals surface area contributed by atoms with Crippen molar-refractivity contribution < 1.29 is 28.2 Å². The Balaban J connectivity index is 2.51. The number of carbonyl (C=O) groups excluding carboxylic acids is 2. The third-order valence-electron chi connectivity index (χ3n) is 4.19. The first-order valence-corrected chi connectivity index (χ1v) is 8.54. The van der Waals surface area contributed by atoms with E-state index < -0.39 is 35.2 Å². The number of hydrogen-bond acceptors (Lipinski definition) is 5. The average Bonchev–Trinajstić information content (AvgIpc) is 2.63. The van der Waals surface area contributed by atoms with Gasteiger partial charge in [-0.05, 0) is 43.2 Å². The first kappa shape index (κ1) is 21.4. The highest BCUT2D eigenvalue weighted by molar-refractivity contribution is 5.87. The summed E-state index contributed by atoms with van der Waals surface area (Å²) in [6.07, 6.45) is 1.43. The molecule has 1 aromatic heterocycles. The van der Waals surface area contributed by atoms with Gasteiger partial charge < -0.3 is 14.7 Å². The molecule has 1 heterocycles. The molecular weight excluding hydrogens is 370 g/mol. The number of aliphatic hydroxyl groups excluding tert-OH is 1. The van der Waals surface area contributed by atoms with Crippen LogP contribution in [-0.4, -0.2) is 39.5 Å². The monoisotopic (exact) mass is 392 g/mol. The smallest absolute Gasteiger partial charge is 0.303 e. The second-order valence-corrected chi connectivity index (χ2v) is 6.85. The molecular formula is C20H22F2N2O4. The maximum absolute atomic E-state index is 13.8. The van der Waals surface area contributed by atoms with E-state index in [0.717, 1.165) is 12.1 Å². The predicted octanol–water partition coefficient (Wildman–Crippen LogP) is 2.74. The lowest BCUT2D eigenvalue weighted by Gasteiger charge is -2.34. The highest BCUT2D eigenvalue weighted by Crippen LogP contribution is 2.30. The number of pyridine rings is 1. The number of rotatable bonds is 6. The van der Waals surface area contributed by atoms with E-state index in [9.17, 15) is 23.5 Å². The maximum atomic E-state index is 13.8. The lowest BCUT2D eigenvalue weighted by atomic mass is 9.98. The van der Waals surface area contributed by atoms with Gasteiger partial charge in [-0.1, -0.05) is 12.1 Å². The third kappa shape index (κ3) is 4.69. The number of ether oxygens (including phenoxy) is 1. The number of amides is 1. The van der Waals surface area contributed by atoms with Crippen molar-refractivity contribution in [3.8, 4) is 0 Å². The highest BCUT2D eigenvalue weighted by Gasteiger charge is 2.37. The van der Waals surface area contributed by atoms with Crippen LogP contribution in [0.1, 0.15) is 43.6 Å². The van der Waals surface area contributed by atoms with Crippen molar-refractivity contribution >= 4 is 11.9 Å². The van der Waals surface area contributed by atoms with Crippen LogP contribution in [0.25, 0.3) is 0 Å². The highest BCUT2D eigenvalue weighted by atomic mass is 19.2. The fourth-order valence-electron chi connectivity index (χ4n) is 2.91. The zero-order valence-corrected chi connectivity index (χ0v) is 16.1. The number of halogens is 2. The number of likely N-dealkylation sites (N-methyl/N-ethyl adjacent to an activating group) is 1. The molecule has 1 atom stereocenters. The van der Waals surface area contributed by atoms with Gasteiger partial charge in [0.2, 0.25) is 0 Å². The van der Waals surface area contributed by atoms with Crippen molar-refractivity contribution in [1.82, 2.24) is 9.88 Å². The van der Waals surface area contributed by atoms with Gasteiger partial charge in [0.1, 0.15) is 0 Å². The number of esters is 1. The molecule has 1 unspecified atom stereocenters. The topological polar surface area (TPSA) is 79.7 Å². The summed E-state index contributed by atoms with van der Waals surface area (Å²) in [6, 6.07) is 5.64. The van der Waals surface area contributed by atoms with E-state index in [1.165, 1.54) is 45.0 Å². The van der Waals surface area contributed by atoms with Crippen molar-refractivity contribution in [2.75, 3.05) is 7.05 Å². The van der Waals surface area contributed by atoms with Gasteiger partial charge in [0.15, 0.2) is 17.2 Å². The first-order valence-electron chi connectivity index (χ1n) is 8.54. The number of benzene rings is 1. The zero-order valence-electron chi connectivity index (χ0n) is 16.1. The van der Waals surface area contributed by atoms with Crippen molar-refractivity contribution in [1.29, 1.82) is 0 Å². The van der Waals surface area contributed by atoms with E-state index in [-0.39, 0.29) is 12.2 Å². The van der Waals surface area contributed by atoms with Crippen molar-refractivity contribution in [3.63, 3.8) is 0 Å². The molecule has 150 valence electrons. The molecule has 6 nitrogen and oxygen atoms in total. The molecule has 0 saturated heterocycles. The summed E-state index contributed by atoms with van der Waals surface area (Å²) in [5, 5.41) is 9.19. The summed E-state index contributed by atoms with van der Waals surface area (Å²) < 4.78 is 32.3. The number of nitrogens with zero attached hydrogens (tertiary/aromatic N) is 2. The first-order chi connectivity index (χ1) is 13.1. The second-order valence-electron chi connectivity index (χ2n) is 6.85. The molecule has 0 aliphatic carbocycles. The quantitative estimate of drug-likeness (QED) is 0.765. The molecule has 0 radical (unpaired) electrons. The van der Waals surface area contributed by atoms with E-state index in [2.05, 4.69) is 4.98 Å². The van der Waals surface area contributed by atoms with Crippen LogP contribution in [-0.2, 0) is 20.9 Å². The molecule has 1 aromatic carbocycles. The zero-order chi connectivity index (χ0) is 21.1. The summed E-state index contributed by atoms with van der Waals surface area (Å²) in [7, 11) is 1.46. The van der Waals surface area contributed by atoms with E-state index in [1.807, 2.05) is 0 Å². The van der Waals surface area contributed by atoms with Crippen LogP contribution in [0.5, 0.6) is 0 Å². The van der Waals surface area contributed by atoms with Gasteiger partial charge in [0, 0.05) is 20.2 Å². The molecule has 0 saturated carbocycles. The summed E-state index contributed by atoms with van der Waals surface area (Å²) in [5.41, 5.74) is -0.250. The van der Waals surface area contributed by atoms with E-state index in [4.69, 9.17) is 4.74 Å². The van der Waals surface area contributed by atoms with Gasteiger partial charge in [-0.2, -0.15) is 0 Å². The minimum Gasteiger partial charge on any atom is -0.450 e. The van der Waals surface area contributed by atoms with Crippen LogP contribution in [0.3, 0.4) is 0 Å². The van der Waals surface area contributed by atoms with Crippen LogP contribution in [0, 0.1) is 11.6 Å². The Hall–Kier alpha value is -2.87. The number of aliphatic hydroxyl groups is 1. The minimum absolute atomic E-state index is 0.211. The summed E-state index contributed by atoms with van der Waals surface area (Å²) in [5.74, 6) is -3.25. The minimum atomic E-state index is -1.47. The number of hydrogen-bond donors (Lipinski definition) is 1. The van der Waals surface area contributed by atoms with Gasteiger partial charge in [0.25, 0.3) is 5.91 Å². The average molecular weight is 392 g/mol. The van der Waals surface area contributed by atoms with Gasteiger partial charge in [-0.3, -0.25) is 14.6 Å². The molecule has 0 fully saturated rings. The van der Waals surface area contributed by atoms with Crippen LogP contribution < -0.4 is 0 Å². The lowest BCUT2D eigenvalue weighted by molar-refractivity contribution is -0.168. The molecule has 1 N–H and O–H groups in total. The molecule has 1 amide bonds. The van der Waals surface area contributed by atoms with Crippen LogP contribution >= 0.6 is 0 Å². The molecule has 2 rings (SSSR count). The molecule has 0 spiro atoms. The fraction of sp³-hybridized carbons (Fsp3) is 0.350. The Bertz CT molecular complexity index is 869. The van der Waals surface area contributed by atoms with Crippen LogP contribution in [0.2, 0.25) is 0 Å². The Morgan fingerprint density at radius 3 is 2.39 bits per heavy atom. The van der Waals surface area contributed by atoms with Gasteiger partial charge in [-0.15, -0.1) is 0 Å². The van der Waals surface area contributed by atoms with Crippen LogP contribution in [0.4, 0.5) is 8.78 Å². The molecule has 0 bridgehead atoms. The molecule has 0 aliphatic rings. The van der Waals surface area contributed by atoms with Crippen molar-refractivity contribution in [2.45, 2.75) is 39.0 Å². The summed E-state index contributed by atoms with van der Waals surface area (Å²) >= 11 is 0. The Morgan fingerprint density at radius 1 is 1.21 bits per heavy atom. The molecule has 2 aromatic rings. The Kier molecular flexibility index (Phi) is 6.45.